The molecule has 2 aliphatic rings. The van der Waals surface area contributed by atoms with E-state index in [1.165, 1.54) is 11.5 Å². The van der Waals surface area contributed by atoms with Crippen molar-refractivity contribution in [3.8, 4) is 0 Å². The van der Waals surface area contributed by atoms with Crippen LogP contribution in [0.15, 0.2) is 10.0 Å². The molecule has 0 N–H and O–H groups in total. The Labute approximate surface area is 162 Å². The number of likely N-dealkylation sites (tertiary alicyclic amines) is 1. The average Bonchev–Trinajstić information content (AvgIpc) is 3.36. The summed E-state index contributed by atoms with van der Waals surface area (Å²) in [4.78, 5) is 19.4. The second-order valence-corrected chi connectivity index (χ2v) is 7.97. The monoisotopic (exact) mass is 391 g/mol. The molecule has 9 nitrogen and oxygen atoms in total. The molecule has 1 unspecified atom stereocenters. The van der Waals surface area contributed by atoms with Gasteiger partial charge in [0.05, 0.1) is 12.2 Å². The first-order chi connectivity index (χ1) is 13.2. The van der Waals surface area contributed by atoms with Gasteiger partial charge in [-0.3, -0.25) is 14.6 Å². The van der Waals surface area contributed by atoms with Crippen molar-refractivity contribution in [3.05, 3.63) is 22.5 Å². The largest absolute Gasteiger partial charge is 0.341 e. The van der Waals surface area contributed by atoms with Crippen molar-refractivity contribution in [3.63, 3.8) is 0 Å². The van der Waals surface area contributed by atoms with Crippen molar-refractivity contribution >= 4 is 17.4 Å². The molecule has 27 heavy (non-hydrogen) atoms. The van der Waals surface area contributed by atoms with Crippen LogP contribution in [-0.4, -0.2) is 86.3 Å². The first-order valence-corrected chi connectivity index (χ1v) is 10.3. The second-order valence-electron chi connectivity index (χ2n) is 7.36. The number of rotatable bonds is 5. The zero-order valence-electron chi connectivity index (χ0n) is 15.6. The van der Waals surface area contributed by atoms with Gasteiger partial charge in [0.1, 0.15) is 11.4 Å². The van der Waals surface area contributed by atoms with Gasteiger partial charge >= 0.3 is 0 Å². The van der Waals surface area contributed by atoms with E-state index in [0.29, 0.717) is 12.5 Å². The number of aryl methyl sites for hydroxylation is 1. The molecule has 2 aromatic heterocycles. The number of amides is 1. The second kappa shape index (κ2) is 8.41. The standard InChI is InChI=1S/C17H25N7O2S/c1-13-15(20-26-19-13)10-22-5-7-23(8-6-22)11-17(25)24-4-2-3-14(9-24)16-12-27-21-18-16/h12,14H,2-11H2,1H3. The third-order valence-electron chi connectivity index (χ3n) is 5.51. The van der Waals surface area contributed by atoms with Crippen molar-refractivity contribution in [2.24, 2.45) is 0 Å². The van der Waals surface area contributed by atoms with Crippen molar-refractivity contribution < 1.29 is 9.42 Å². The molecule has 0 spiro atoms. The predicted octanol–water partition coefficient (Wildman–Crippen LogP) is 0.753. The number of piperazine rings is 1. The highest BCUT2D eigenvalue weighted by Gasteiger charge is 2.28. The minimum Gasteiger partial charge on any atom is -0.341 e. The maximum Gasteiger partial charge on any atom is 0.236 e. The lowest BCUT2D eigenvalue weighted by atomic mass is 9.95. The van der Waals surface area contributed by atoms with Gasteiger partial charge in [0.2, 0.25) is 5.91 Å². The minimum atomic E-state index is 0.230. The molecule has 0 aromatic carbocycles. The number of hydrogen-bond donors (Lipinski definition) is 0. The van der Waals surface area contributed by atoms with Gasteiger partial charge in [-0.1, -0.05) is 14.8 Å². The fourth-order valence-corrected chi connectivity index (χ4v) is 4.33. The Balaban J connectivity index is 1.24. The van der Waals surface area contributed by atoms with Gasteiger partial charge in [-0.05, 0) is 31.3 Å². The van der Waals surface area contributed by atoms with Crippen LogP contribution in [0.1, 0.15) is 35.8 Å². The molecule has 4 rings (SSSR count). The zero-order chi connectivity index (χ0) is 18.6. The highest BCUT2D eigenvalue weighted by molar-refractivity contribution is 7.03. The summed E-state index contributed by atoms with van der Waals surface area (Å²) < 4.78 is 8.73. The third kappa shape index (κ3) is 4.50. The van der Waals surface area contributed by atoms with Crippen molar-refractivity contribution in [2.45, 2.75) is 32.2 Å². The summed E-state index contributed by atoms with van der Waals surface area (Å²) in [5.74, 6) is 0.561. The van der Waals surface area contributed by atoms with E-state index < -0.39 is 0 Å². The summed E-state index contributed by atoms with van der Waals surface area (Å²) in [6, 6.07) is 0. The van der Waals surface area contributed by atoms with Gasteiger partial charge < -0.3 is 4.90 Å². The van der Waals surface area contributed by atoms with E-state index in [1.807, 2.05) is 17.2 Å². The molecule has 2 fully saturated rings. The van der Waals surface area contributed by atoms with E-state index in [9.17, 15) is 4.79 Å². The molecular formula is C17H25N7O2S. The maximum atomic E-state index is 12.8. The first kappa shape index (κ1) is 18.5. The molecule has 1 amide bonds. The van der Waals surface area contributed by atoms with Crippen LogP contribution in [0.5, 0.6) is 0 Å². The molecule has 0 bridgehead atoms. The fraction of sp³-hybridized carbons (Fsp3) is 0.706. The van der Waals surface area contributed by atoms with Crippen molar-refractivity contribution in [2.75, 3.05) is 45.8 Å². The Bertz CT molecular complexity index is 742. The van der Waals surface area contributed by atoms with E-state index in [4.69, 9.17) is 4.63 Å². The summed E-state index contributed by atoms with van der Waals surface area (Å²) in [7, 11) is 0. The topological polar surface area (TPSA) is 91.5 Å². The summed E-state index contributed by atoms with van der Waals surface area (Å²) in [6.07, 6.45) is 2.12. The molecule has 10 heteroatoms. The Kier molecular flexibility index (Phi) is 5.74. The van der Waals surface area contributed by atoms with Crippen LogP contribution in [0.2, 0.25) is 0 Å². The SMILES string of the molecule is Cc1nonc1CN1CCN(CC(=O)N2CCCC(c3csnn3)C2)CC1. The van der Waals surface area contributed by atoms with Gasteiger partial charge in [0.15, 0.2) is 0 Å². The molecule has 2 aromatic rings. The van der Waals surface area contributed by atoms with Crippen LogP contribution in [0, 0.1) is 6.92 Å². The zero-order valence-corrected chi connectivity index (χ0v) is 16.4. The number of hydrogen-bond acceptors (Lipinski definition) is 9. The van der Waals surface area contributed by atoms with E-state index in [0.717, 1.165) is 75.7 Å². The molecule has 0 radical (unpaired) electrons. The number of carbonyl (C=O) groups excluding carboxylic acids is 1. The van der Waals surface area contributed by atoms with Gasteiger partial charge in [0.25, 0.3) is 0 Å². The molecule has 146 valence electrons. The van der Waals surface area contributed by atoms with Crippen LogP contribution in [-0.2, 0) is 11.3 Å². The predicted molar refractivity (Wildman–Crippen MR) is 99.2 cm³/mol. The Morgan fingerprint density at radius 2 is 2.04 bits per heavy atom. The normalized spacial score (nSPS) is 22.3. The summed E-state index contributed by atoms with van der Waals surface area (Å²) >= 11 is 1.38. The van der Waals surface area contributed by atoms with E-state index in [-0.39, 0.29) is 5.91 Å². The average molecular weight is 392 g/mol. The number of carbonyl (C=O) groups is 1. The smallest absolute Gasteiger partial charge is 0.236 e. The van der Waals surface area contributed by atoms with Crippen LogP contribution < -0.4 is 0 Å². The molecule has 2 aliphatic heterocycles. The quantitative estimate of drug-likeness (QED) is 0.738. The lowest BCUT2D eigenvalue weighted by molar-refractivity contribution is -0.134. The van der Waals surface area contributed by atoms with Crippen LogP contribution in [0.25, 0.3) is 0 Å². The summed E-state index contributed by atoms with van der Waals surface area (Å²) in [5.41, 5.74) is 2.78. The summed E-state index contributed by atoms with van der Waals surface area (Å²) in [5, 5.41) is 14.0. The van der Waals surface area contributed by atoms with E-state index in [1.54, 1.807) is 0 Å². The van der Waals surface area contributed by atoms with E-state index >= 15 is 0 Å². The molecule has 0 aliphatic carbocycles. The number of piperidine rings is 1. The van der Waals surface area contributed by atoms with Gasteiger partial charge in [-0.15, -0.1) is 5.10 Å². The number of aromatic nitrogens is 4. The van der Waals surface area contributed by atoms with Crippen molar-refractivity contribution in [1.82, 2.24) is 34.6 Å². The Morgan fingerprint density at radius 1 is 1.22 bits per heavy atom. The molecular weight excluding hydrogens is 366 g/mol. The number of nitrogens with zero attached hydrogens (tertiary/aromatic N) is 7. The Hall–Kier alpha value is -1.91. The first-order valence-electron chi connectivity index (χ1n) is 9.46. The van der Waals surface area contributed by atoms with E-state index in [2.05, 4.69) is 29.7 Å². The van der Waals surface area contributed by atoms with Gasteiger partial charge in [0, 0.05) is 57.1 Å². The van der Waals surface area contributed by atoms with Crippen LogP contribution in [0.3, 0.4) is 0 Å². The van der Waals surface area contributed by atoms with Crippen LogP contribution >= 0.6 is 11.5 Å². The van der Waals surface area contributed by atoms with Gasteiger partial charge in [-0.2, -0.15) is 0 Å². The Morgan fingerprint density at radius 3 is 2.74 bits per heavy atom. The highest BCUT2D eigenvalue weighted by Crippen LogP contribution is 2.26. The fourth-order valence-electron chi connectivity index (χ4n) is 3.80. The van der Waals surface area contributed by atoms with Crippen molar-refractivity contribution in [1.29, 1.82) is 0 Å². The summed E-state index contributed by atoms with van der Waals surface area (Å²) in [6.45, 7) is 8.42. The molecule has 2 saturated heterocycles. The lowest BCUT2D eigenvalue weighted by Gasteiger charge is -2.37. The third-order valence-corrected chi connectivity index (χ3v) is 6.04. The molecule has 1 atom stereocenters. The minimum absolute atomic E-state index is 0.230. The lowest BCUT2D eigenvalue weighted by Crippen LogP contribution is -2.51. The van der Waals surface area contributed by atoms with Gasteiger partial charge in [-0.25, -0.2) is 4.63 Å². The highest BCUT2D eigenvalue weighted by atomic mass is 32.1. The molecule has 4 heterocycles. The van der Waals surface area contributed by atoms with Crippen LogP contribution in [0.4, 0.5) is 0 Å². The maximum absolute atomic E-state index is 12.8. The molecule has 0 saturated carbocycles.